The maximum atomic E-state index is 5.91. The predicted molar refractivity (Wildman–Crippen MR) is 101 cm³/mol. The summed E-state index contributed by atoms with van der Waals surface area (Å²) in [5.74, 6) is 1.47. The molecule has 4 rings (SSSR count). The number of likely N-dealkylation sites (tertiary alicyclic amines) is 1. The van der Waals surface area contributed by atoms with Gasteiger partial charge in [-0.1, -0.05) is 18.2 Å². The minimum atomic E-state index is 0.497. The second kappa shape index (κ2) is 8.15. The molecular formula is C21H24N4O. The monoisotopic (exact) mass is 348 g/mol. The zero-order valence-electron chi connectivity index (χ0n) is 14.8. The molecule has 0 bridgehead atoms. The molecule has 0 amide bonds. The topological polar surface area (TPSA) is 54.0 Å². The standard InChI is InChI=1S/C21H24N4O/c1-2-9-22-20(7-1)16-26-21-8-3-5-17(11-21)14-25-10-4-6-18(15-25)19-12-23-24-13-19/h1-3,5,7-9,11-13,18H,4,6,10,14-16H2,(H,23,24)/t18-/m0/s1. The Kier molecular flexibility index (Phi) is 5.26. The predicted octanol–water partition coefficient (Wildman–Crippen LogP) is 3.76. The van der Waals surface area contributed by atoms with Gasteiger partial charge < -0.3 is 4.74 Å². The maximum absolute atomic E-state index is 5.91. The van der Waals surface area contributed by atoms with Gasteiger partial charge in [-0.25, -0.2) is 0 Å². The third-order valence-electron chi connectivity index (χ3n) is 4.91. The van der Waals surface area contributed by atoms with Crippen LogP contribution in [-0.4, -0.2) is 33.2 Å². The second-order valence-corrected chi connectivity index (χ2v) is 6.86. The van der Waals surface area contributed by atoms with Gasteiger partial charge in [0.15, 0.2) is 0 Å². The van der Waals surface area contributed by atoms with Crippen LogP contribution >= 0.6 is 0 Å². The van der Waals surface area contributed by atoms with Crippen LogP contribution < -0.4 is 4.74 Å². The number of aromatic nitrogens is 3. The number of hydrogen-bond acceptors (Lipinski definition) is 4. The molecular weight excluding hydrogens is 324 g/mol. The molecule has 1 aliphatic heterocycles. The molecule has 26 heavy (non-hydrogen) atoms. The lowest BCUT2D eigenvalue weighted by Crippen LogP contribution is -2.33. The lowest BCUT2D eigenvalue weighted by atomic mass is 9.92. The highest BCUT2D eigenvalue weighted by atomic mass is 16.5. The second-order valence-electron chi connectivity index (χ2n) is 6.86. The number of nitrogens with one attached hydrogen (secondary N) is 1. The van der Waals surface area contributed by atoms with Crippen LogP contribution in [0.15, 0.2) is 61.1 Å². The number of nitrogens with zero attached hydrogens (tertiary/aromatic N) is 3. The summed E-state index contributed by atoms with van der Waals surface area (Å²) in [5.41, 5.74) is 3.55. The summed E-state index contributed by atoms with van der Waals surface area (Å²) in [7, 11) is 0. The summed E-state index contributed by atoms with van der Waals surface area (Å²) in [6, 6.07) is 14.3. The first-order valence-corrected chi connectivity index (χ1v) is 9.19. The van der Waals surface area contributed by atoms with Crippen molar-refractivity contribution in [2.75, 3.05) is 13.1 Å². The van der Waals surface area contributed by atoms with Gasteiger partial charge in [0, 0.05) is 25.5 Å². The first kappa shape index (κ1) is 16.8. The van der Waals surface area contributed by atoms with Gasteiger partial charge in [-0.15, -0.1) is 0 Å². The van der Waals surface area contributed by atoms with E-state index in [2.05, 4.69) is 38.3 Å². The Morgan fingerprint density at radius 2 is 2.19 bits per heavy atom. The molecule has 0 aliphatic carbocycles. The highest BCUT2D eigenvalue weighted by Gasteiger charge is 2.22. The number of aromatic amines is 1. The average molecular weight is 348 g/mol. The van der Waals surface area contributed by atoms with Crippen molar-refractivity contribution >= 4 is 0 Å². The molecule has 0 radical (unpaired) electrons. The maximum Gasteiger partial charge on any atom is 0.130 e. The highest BCUT2D eigenvalue weighted by molar-refractivity contribution is 5.29. The molecule has 5 nitrogen and oxygen atoms in total. The first-order valence-electron chi connectivity index (χ1n) is 9.19. The number of rotatable bonds is 6. The number of pyridine rings is 1. The molecule has 1 saturated heterocycles. The fraction of sp³-hybridized carbons (Fsp3) is 0.333. The number of piperidine rings is 1. The van der Waals surface area contributed by atoms with Crippen molar-refractivity contribution in [3.05, 3.63) is 77.9 Å². The van der Waals surface area contributed by atoms with Gasteiger partial charge in [-0.2, -0.15) is 5.10 Å². The van der Waals surface area contributed by atoms with Crippen LogP contribution in [-0.2, 0) is 13.2 Å². The molecule has 2 aromatic heterocycles. The Morgan fingerprint density at radius 1 is 1.19 bits per heavy atom. The fourth-order valence-electron chi connectivity index (χ4n) is 3.59. The van der Waals surface area contributed by atoms with Gasteiger partial charge >= 0.3 is 0 Å². The van der Waals surface area contributed by atoms with E-state index in [1.165, 1.54) is 24.0 Å². The van der Waals surface area contributed by atoms with Gasteiger partial charge in [0.25, 0.3) is 0 Å². The van der Waals surface area contributed by atoms with E-state index in [1.54, 1.807) is 6.20 Å². The summed E-state index contributed by atoms with van der Waals surface area (Å²) < 4.78 is 5.91. The first-order chi connectivity index (χ1) is 12.9. The molecule has 0 saturated carbocycles. The molecule has 0 spiro atoms. The Bertz CT molecular complexity index is 804. The third kappa shape index (κ3) is 4.29. The van der Waals surface area contributed by atoms with Crippen LogP contribution in [0, 0.1) is 0 Å². The summed E-state index contributed by atoms with van der Waals surface area (Å²) >= 11 is 0. The Morgan fingerprint density at radius 3 is 3.04 bits per heavy atom. The van der Waals surface area contributed by atoms with Crippen LogP contribution in [0.3, 0.4) is 0 Å². The van der Waals surface area contributed by atoms with Gasteiger partial charge in [0.1, 0.15) is 12.4 Å². The number of H-pyrrole nitrogens is 1. The molecule has 1 N–H and O–H groups in total. The van der Waals surface area contributed by atoms with Crippen molar-refractivity contribution in [3.8, 4) is 5.75 Å². The van der Waals surface area contributed by atoms with Crippen molar-refractivity contribution < 1.29 is 4.74 Å². The normalized spacial score (nSPS) is 17.9. The molecule has 5 heteroatoms. The van der Waals surface area contributed by atoms with E-state index >= 15 is 0 Å². The van der Waals surface area contributed by atoms with Crippen LogP contribution in [0.2, 0.25) is 0 Å². The van der Waals surface area contributed by atoms with E-state index in [4.69, 9.17) is 4.74 Å². The molecule has 1 fully saturated rings. The van der Waals surface area contributed by atoms with Crippen LogP contribution in [0.25, 0.3) is 0 Å². The van der Waals surface area contributed by atoms with Gasteiger partial charge in [0.05, 0.1) is 11.9 Å². The zero-order valence-corrected chi connectivity index (χ0v) is 14.8. The molecule has 1 atom stereocenters. The number of ether oxygens (including phenoxy) is 1. The Hall–Kier alpha value is -2.66. The van der Waals surface area contributed by atoms with E-state index in [1.807, 2.05) is 36.7 Å². The summed E-state index contributed by atoms with van der Waals surface area (Å²) in [6.45, 7) is 3.68. The van der Waals surface area contributed by atoms with Crippen molar-refractivity contribution in [1.82, 2.24) is 20.1 Å². The van der Waals surface area contributed by atoms with E-state index in [0.717, 1.165) is 31.1 Å². The Balaban J connectivity index is 1.36. The largest absolute Gasteiger partial charge is 0.487 e. The third-order valence-corrected chi connectivity index (χ3v) is 4.91. The smallest absolute Gasteiger partial charge is 0.130 e. The molecule has 134 valence electrons. The van der Waals surface area contributed by atoms with Crippen molar-refractivity contribution in [3.63, 3.8) is 0 Å². The molecule has 3 aromatic rings. The van der Waals surface area contributed by atoms with Crippen LogP contribution in [0.1, 0.15) is 35.6 Å². The van der Waals surface area contributed by atoms with Crippen LogP contribution in [0.4, 0.5) is 0 Å². The van der Waals surface area contributed by atoms with Gasteiger partial charge in [0.2, 0.25) is 0 Å². The SMILES string of the molecule is c1ccc(COc2cccc(CN3CCC[C@H](c4cn[nH]c4)C3)c2)nc1. The average Bonchev–Trinajstić information content (AvgIpc) is 3.23. The minimum absolute atomic E-state index is 0.497. The minimum Gasteiger partial charge on any atom is -0.487 e. The quantitative estimate of drug-likeness (QED) is 0.737. The molecule has 3 heterocycles. The van der Waals surface area contributed by atoms with Crippen LogP contribution in [0.5, 0.6) is 5.75 Å². The number of hydrogen-bond donors (Lipinski definition) is 1. The van der Waals surface area contributed by atoms with E-state index < -0.39 is 0 Å². The summed E-state index contributed by atoms with van der Waals surface area (Å²) in [6.07, 6.45) is 8.25. The van der Waals surface area contributed by atoms with Crippen molar-refractivity contribution in [2.45, 2.75) is 31.9 Å². The Labute approximate surface area is 154 Å². The van der Waals surface area contributed by atoms with E-state index in [-0.39, 0.29) is 0 Å². The lowest BCUT2D eigenvalue weighted by molar-refractivity contribution is 0.200. The highest BCUT2D eigenvalue weighted by Crippen LogP contribution is 2.27. The molecule has 1 aromatic carbocycles. The zero-order chi connectivity index (χ0) is 17.6. The van der Waals surface area contributed by atoms with E-state index in [0.29, 0.717) is 12.5 Å². The summed E-state index contributed by atoms with van der Waals surface area (Å²) in [5, 5.41) is 7.03. The van der Waals surface area contributed by atoms with Crippen molar-refractivity contribution in [2.24, 2.45) is 0 Å². The number of benzene rings is 1. The van der Waals surface area contributed by atoms with Gasteiger partial charge in [-0.3, -0.25) is 15.0 Å². The summed E-state index contributed by atoms with van der Waals surface area (Å²) in [4.78, 5) is 6.83. The van der Waals surface area contributed by atoms with E-state index in [9.17, 15) is 0 Å². The van der Waals surface area contributed by atoms with Crippen molar-refractivity contribution in [1.29, 1.82) is 0 Å². The van der Waals surface area contributed by atoms with Gasteiger partial charge in [-0.05, 0) is 60.7 Å². The molecule has 1 aliphatic rings. The fourth-order valence-corrected chi connectivity index (χ4v) is 3.59. The lowest BCUT2D eigenvalue weighted by Gasteiger charge is -2.32. The molecule has 0 unspecified atom stereocenters.